The average molecular weight is 280 g/mol. The Balaban J connectivity index is 1.64. The van der Waals surface area contributed by atoms with Crippen molar-refractivity contribution in [3.05, 3.63) is 16.1 Å². The summed E-state index contributed by atoms with van der Waals surface area (Å²) in [6, 6.07) is -0.254. The second-order valence-corrected chi connectivity index (χ2v) is 6.19. The Kier molecular flexibility index (Phi) is 3.26. The predicted molar refractivity (Wildman–Crippen MR) is 70.3 cm³/mol. The molecule has 1 aromatic heterocycles. The molecule has 5 nitrogen and oxygen atoms in total. The van der Waals surface area contributed by atoms with Crippen molar-refractivity contribution in [2.75, 3.05) is 0 Å². The summed E-state index contributed by atoms with van der Waals surface area (Å²) in [6.07, 6.45) is 4.57. The second kappa shape index (κ2) is 4.92. The van der Waals surface area contributed by atoms with Crippen LogP contribution in [0.2, 0.25) is 0 Å². The van der Waals surface area contributed by atoms with Crippen LogP contribution in [0.4, 0.5) is 0 Å². The van der Waals surface area contributed by atoms with Crippen molar-refractivity contribution in [1.29, 1.82) is 0 Å². The number of nitrogens with zero attached hydrogens (tertiary/aromatic N) is 1. The highest BCUT2D eigenvalue weighted by Gasteiger charge is 2.34. The summed E-state index contributed by atoms with van der Waals surface area (Å²) in [6.45, 7) is 0. The van der Waals surface area contributed by atoms with Gasteiger partial charge in [0.1, 0.15) is 5.69 Å². The van der Waals surface area contributed by atoms with E-state index in [-0.39, 0.29) is 11.9 Å². The molecule has 0 unspecified atom stereocenters. The highest BCUT2D eigenvalue weighted by Crippen LogP contribution is 2.41. The van der Waals surface area contributed by atoms with E-state index in [2.05, 4.69) is 10.3 Å². The minimum absolute atomic E-state index is 0.235. The molecule has 1 heterocycles. The fourth-order valence-corrected chi connectivity index (χ4v) is 3.55. The third kappa shape index (κ3) is 2.63. The maximum absolute atomic E-state index is 12.1. The molecule has 1 amide bonds. The lowest BCUT2D eigenvalue weighted by molar-refractivity contribution is -0.142. The number of thiazole rings is 1. The lowest BCUT2D eigenvalue weighted by Gasteiger charge is -2.16. The normalized spacial score (nSPS) is 26.3. The van der Waals surface area contributed by atoms with Gasteiger partial charge in [-0.1, -0.05) is 6.42 Å². The largest absolute Gasteiger partial charge is 0.481 e. The first kappa shape index (κ1) is 12.6. The van der Waals surface area contributed by atoms with Crippen LogP contribution >= 0.6 is 11.3 Å². The number of rotatable bonds is 4. The Morgan fingerprint density at radius 3 is 2.79 bits per heavy atom. The van der Waals surface area contributed by atoms with Crippen molar-refractivity contribution in [3.63, 3.8) is 0 Å². The van der Waals surface area contributed by atoms with E-state index in [0.717, 1.165) is 30.7 Å². The summed E-state index contributed by atoms with van der Waals surface area (Å²) >= 11 is 1.53. The molecule has 19 heavy (non-hydrogen) atoms. The summed E-state index contributed by atoms with van der Waals surface area (Å²) in [5.41, 5.74) is 0.433. The van der Waals surface area contributed by atoms with Crippen molar-refractivity contribution >= 4 is 23.2 Å². The summed E-state index contributed by atoms with van der Waals surface area (Å²) in [7, 11) is 0. The predicted octanol–water partition coefficient (Wildman–Crippen LogP) is 2.00. The van der Waals surface area contributed by atoms with Gasteiger partial charge in [-0.2, -0.15) is 0 Å². The van der Waals surface area contributed by atoms with Crippen LogP contribution in [0.25, 0.3) is 0 Å². The number of carbonyl (C=O) groups is 2. The van der Waals surface area contributed by atoms with Gasteiger partial charge in [0, 0.05) is 17.3 Å². The van der Waals surface area contributed by atoms with Crippen LogP contribution in [-0.2, 0) is 4.79 Å². The Labute approximate surface area is 115 Å². The first-order valence-corrected chi connectivity index (χ1v) is 7.52. The molecule has 0 bridgehead atoms. The monoisotopic (exact) mass is 280 g/mol. The number of amides is 1. The van der Waals surface area contributed by atoms with Crippen molar-refractivity contribution in [2.24, 2.45) is 5.92 Å². The fourth-order valence-electron chi connectivity index (χ4n) is 2.58. The van der Waals surface area contributed by atoms with Crippen LogP contribution in [0.5, 0.6) is 0 Å². The number of carbonyl (C=O) groups excluding carboxylic acids is 1. The van der Waals surface area contributed by atoms with Crippen molar-refractivity contribution in [1.82, 2.24) is 10.3 Å². The number of carboxylic acid groups (broad SMARTS) is 1. The minimum Gasteiger partial charge on any atom is -0.481 e. The highest BCUT2D eigenvalue weighted by atomic mass is 32.1. The molecule has 0 radical (unpaired) electrons. The first-order valence-electron chi connectivity index (χ1n) is 6.64. The molecule has 0 aliphatic heterocycles. The third-order valence-corrected chi connectivity index (χ3v) is 4.84. The van der Waals surface area contributed by atoms with Gasteiger partial charge in [-0.15, -0.1) is 11.3 Å². The molecule has 0 aromatic carbocycles. The number of nitrogens with one attached hydrogen (secondary N) is 1. The van der Waals surface area contributed by atoms with Gasteiger partial charge in [-0.3, -0.25) is 9.59 Å². The molecule has 2 saturated carbocycles. The van der Waals surface area contributed by atoms with E-state index >= 15 is 0 Å². The van der Waals surface area contributed by atoms with E-state index in [9.17, 15) is 9.59 Å². The Morgan fingerprint density at radius 2 is 2.11 bits per heavy atom. The molecule has 1 aromatic rings. The highest BCUT2D eigenvalue weighted by molar-refractivity contribution is 7.10. The molecule has 2 N–H and O–H groups in total. The maximum atomic E-state index is 12.1. The zero-order valence-corrected chi connectivity index (χ0v) is 11.3. The Morgan fingerprint density at radius 1 is 1.32 bits per heavy atom. The standard InChI is InChI=1S/C13H16N2O3S/c16-11(10-6-19-12(15-10)7-4-5-7)14-9-3-1-2-8(9)13(17)18/h6-9H,1-5H2,(H,14,16)(H,17,18)/t8-,9+/m0/s1. The molecule has 0 saturated heterocycles. The van der Waals surface area contributed by atoms with Crippen molar-refractivity contribution in [2.45, 2.75) is 44.1 Å². The first-order chi connectivity index (χ1) is 9.15. The van der Waals surface area contributed by atoms with Gasteiger partial charge in [0.15, 0.2) is 0 Å². The number of carboxylic acids is 1. The van der Waals surface area contributed by atoms with E-state index in [1.54, 1.807) is 5.38 Å². The lowest BCUT2D eigenvalue weighted by Crippen LogP contribution is -2.40. The van der Waals surface area contributed by atoms with Crippen LogP contribution < -0.4 is 5.32 Å². The number of hydrogen-bond donors (Lipinski definition) is 2. The average Bonchev–Trinajstić information content (AvgIpc) is 2.92. The van der Waals surface area contributed by atoms with Gasteiger partial charge in [0.05, 0.1) is 10.9 Å². The molecule has 2 aliphatic carbocycles. The zero-order valence-electron chi connectivity index (χ0n) is 10.5. The maximum Gasteiger partial charge on any atom is 0.308 e. The molecule has 2 atom stereocenters. The SMILES string of the molecule is O=C(N[C@@H]1CCC[C@@H]1C(=O)O)c1csc(C2CC2)n1. The molecule has 2 fully saturated rings. The summed E-state index contributed by atoms with van der Waals surface area (Å²) < 4.78 is 0. The van der Waals surface area contributed by atoms with Crippen LogP contribution in [-0.4, -0.2) is 28.0 Å². The molecule has 102 valence electrons. The molecular weight excluding hydrogens is 264 g/mol. The van der Waals surface area contributed by atoms with Gasteiger partial charge in [-0.25, -0.2) is 4.98 Å². The number of hydrogen-bond acceptors (Lipinski definition) is 4. The Bertz CT molecular complexity index is 510. The van der Waals surface area contributed by atoms with E-state index in [1.165, 1.54) is 11.3 Å². The number of aromatic nitrogens is 1. The molecule has 3 rings (SSSR count). The van der Waals surface area contributed by atoms with Crippen LogP contribution in [0.1, 0.15) is 53.5 Å². The smallest absolute Gasteiger partial charge is 0.308 e. The molecular formula is C13H16N2O3S. The summed E-state index contributed by atoms with van der Waals surface area (Å²) in [5, 5.41) is 14.7. The van der Waals surface area contributed by atoms with Crippen LogP contribution in [0.3, 0.4) is 0 Å². The van der Waals surface area contributed by atoms with Gasteiger partial charge in [0.2, 0.25) is 0 Å². The van der Waals surface area contributed by atoms with E-state index in [0.29, 0.717) is 18.0 Å². The summed E-state index contributed by atoms with van der Waals surface area (Å²) in [4.78, 5) is 27.5. The minimum atomic E-state index is -0.820. The van der Waals surface area contributed by atoms with Crippen molar-refractivity contribution < 1.29 is 14.7 Å². The molecule has 0 spiro atoms. The van der Waals surface area contributed by atoms with E-state index in [4.69, 9.17) is 5.11 Å². The number of aliphatic carboxylic acids is 1. The Hall–Kier alpha value is -1.43. The lowest BCUT2D eigenvalue weighted by atomic mass is 10.0. The second-order valence-electron chi connectivity index (χ2n) is 5.30. The van der Waals surface area contributed by atoms with Crippen LogP contribution in [0.15, 0.2) is 5.38 Å². The van der Waals surface area contributed by atoms with Crippen molar-refractivity contribution in [3.8, 4) is 0 Å². The van der Waals surface area contributed by atoms with E-state index in [1.807, 2.05) is 0 Å². The molecule has 2 aliphatic rings. The summed E-state index contributed by atoms with van der Waals surface area (Å²) in [5.74, 6) is -0.962. The fraction of sp³-hybridized carbons (Fsp3) is 0.615. The molecule has 6 heteroatoms. The van der Waals surface area contributed by atoms with Gasteiger partial charge < -0.3 is 10.4 Å². The van der Waals surface area contributed by atoms with E-state index < -0.39 is 11.9 Å². The quantitative estimate of drug-likeness (QED) is 0.884. The third-order valence-electron chi connectivity index (χ3n) is 3.83. The topological polar surface area (TPSA) is 79.3 Å². The van der Waals surface area contributed by atoms with Crippen LogP contribution in [0, 0.1) is 5.92 Å². The van der Waals surface area contributed by atoms with Gasteiger partial charge in [-0.05, 0) is 25.7 Å². The van der Waals surface area contributed by atoms with Gasteiger partial charge in [0.25, 0.3) is 5.91 Å². The van der Waals surface area contributed by atoms with Gasteiger partial charge >= 0.3 is 5.97 Å². The zero-order chi connectivity index (χ0) is 13.4.